The number of rotatable bonds is 13. The number of sulfone groups is 1. The van der Waals surface area contributed by atoms with Crippen LogP contribution in [0.3, 0.4) is 0 Å². The highest BCUT2D eigenvalue weighted by atomic mass is 32.2. The Kier molecular flexibility index (Phi) is 10.9. The Labute approximate surface area is 238 Å². The Balaban J connectivity index is 1.72. The zero-order valence-corrected chi connectivity index (χ0v) is 24.0. The van der Waals surface area contributed by atoms with E-state index in [-0.39, 0.29) is 42.0 Å². The summed E-state index contributed by atoms with van der Waals surface area (Å²) in [7, 11) is -3.60. The summed E-state index contributed by atoms with van der Waals surface area (Å²) in [6.45, 7) is 4.42. The van der Waals surface area contributed by atoms with Crippen LogP contribution in [-0.4, -0.2) is 45.2 Å². The van der Waals surface area contributed by atoms with Crippen LogP contribution in [0, 0.1) is 5.82 Å². The van der Waals surface area contributed by atoms with Crippen LogP contribution in [-0.2, 0) is 33.9 Å². The van der Waals surface area contributed by atoms with Crippen molar-refractivity contribution in [3.8, 4) is 5.75 Å². The first kappa shape index (κ1) is 32.1. The van der Waals surface area contributed by atoms with Crippen molar-refractivity contribution in [2.45, 2.75) is 50.3 Å². The molecule has 3 rings (SSSR count). The molecule has 3 aromatic rings. The molecule has 1 unspecified atom stereocenters. The van der Waals surface area contributed by atoms with Gasteiger partial charge in [-0.2, -0.15) is 13.2 Å². The second-order valence-corrected chi connectivity index (χ2v) is 12.0. The van der Waals surface area contributed by atoms with Gasteiger partial charge in [0.1, 0.15) is 11.6 Å². The predicted octanol–water partition coefficient (Wildman–Crippen LogP) is 5.96. The first-order valence-corrected chi connectivity index (χ1v) is 15.0. The van der Waals surface area contributed by atoms with Crippen LogP contribution in [0.25, 0.3) is 0 Å². The standard InChI is InChI=1S/C30H34F4N2O4S/c1-21(23-9-5-4-6-10-23)19-36(20-25-11-7-12-27(29(25)31)30(32,33)34)15-8-16-40-26-14-13-24(18-35-22(2)37)28(17-26)41(3,38)39/h4-7,9-14,17,21H,8,15-16,18-20H2,1-3H3,(H,35,37). The van der Waals surface area contributed by atoms with Crippen LogP contribution in [0.15, 0.2) is 71.6 Å². The second kappa shape index (κ2) is 14.0. The molecule has 1 N–H and O–H groups in total. The molecule has 222 valence electrons. The molecule has 41 heavy (non-hydrogen) atoms. The van der Waals surface area contributed by atoms with Crippen molar-refractivity contribution in [1.29, 1.82) is 0 Å². The molecule has 0 aliphatic heterocycles. The first-order valence-electron chi connectivity index (χ1n) is 13.1. The number of nitrogens with one attached hydrogen (secondary N) is 1. The lowest BCUT2D eigenvalue weighted by molar-refractivity contribution is -0.140. The smallest absolute Gasteiger partial charge is 0.419 e. The van der Waals surface area contributed by atoms with E-state index >= 15 is 0 Å². The van der Waals surface area contributed by atoms with E-state index in [1.54, 1.807) is 12.1 Å². The van der Waals surface area contributed by atoms with E-state index in [0.717, 1.165) is 17.9 Å². The van der Waals surface area contributed by atoms with Gasteiger partial charge in [0, 0.05) is 44.9 Å². The maximum Gasteiger partial charge on any atom is 0.419 e. The zero-order valence-electron chi connectivity index (χ0n) is 23.2. The molecule has 0 spiro atoms. The van der Waals surface area contributed by atoms with Gasteiger partial charge in [0.25, 0.3) is 0 Å². The van der Waals surface area contributed by atoms with Crippen LogP contribution in [0.1, 0.15) is 48.4 Å². The Morgan fingerprint density at radius 2 is 1.73 bits per heavy atom. The van der Waals surface area contributed by atoms with Gasteiger partial charge < -0.3 is 10.1 Å². The maximum atomic E-state index is 14.8. The molecule has 0 heterocycles. The molecule has 0 saturated carbocycles. The summed E-state index contributed by atoms with van der Waals surface area (Å²) in [6.07, 6.45) is -3.27. The van der Waals surface area contributed by atoms with Crippen molar-refractivity contribution >= 4 is 15.7 Å². The second-order valence-electron chi connectivity index (χ2n) is 9.98. The molecule has 0 aliphatic rings. The number of alkyl halides is 3. The molecule has 0 fully saturated rings. The maximum absolute atomic E-state index is 14.8. The molecular weight excluding hydrogens is 560 g/mol. The lowest BCUT2D eigenvalue weighted by atomic mass is 10.00. The Bertz CT molecular complexity index is 1430. The van der Waals surface area contributed by atoms with E-state index in [1.807, 2.05) is 42.2 Å². The van der Waals surface area contributed by atoms with Crippen molar-refractivity contribution in [3.05, 3.63) is 94.8 Å². The minimum Gasteiger partial charge on any atom is -0.494 e. The molecule has 1 atom stereocenters. The zero-order chi connectivity index (χ0) is 30.2. The number of hydrogen-bond donors (Lipinski definition) is 1. The number of benzene rings is 3. The molecule has 0 aliphatic carbocycles. The van der Waals surface area contributed by atoms with E-state index in [0.29, 0.717) is 30.8 Å². The van der Waals surface area contributed by atoms with E-state index in [9.17, 15) is 30.8 Å². The number of carbonyl (C=O) groups excluding carboxylic acids is 1. The van der Waals surface area contributed by atoms with Crippen molar-refractivity contribution in [2.24, 2.45) is 0 Å². The van der Waals surface area contributed by atoms with E-state index in [2.05, 4.69) is 5.32 Å². The Hall–Kier alpha value is -3.44. The molecule has 0 saturated heterocycles. The average Bonchev–Trinajstić information content (AvgIpc) is 2.90. The summed E-state index contributed by atoms with van der Waals surface area (Å²) in [5.41, 5.74) is 0.136. The van der Waals surface area contributed by atoms with Crippen LogP contribution in [0.4, 0.5) is 17.6 Å². The average molecular weight is 595 g/mol. The van der Waals surface area contributed by atoms with Crippen LogP contribution in [0.5, 0.6) is 5.75 Å². The quantitative estimate of drug-likeness (QED) is 0.195. The van der Waals surface area contributed by atoms with Crippen molar-refractivity contribution in [2.75, 3.05) is 26.0 Å². The number of halogens is 4. The number of hydrogen-bond acceptors (Lipinski definition) is 5. The molecule has 3 aromatic carbocycles. The van der Waals surface area contributed by atoms with E-state index in [4.69, 9.17) is 4.74 Å². The summed E-state index contributed by atoms with van der Waals surface area (Å²) >= 11 is 0. The van der Waals surface area contributed by atoms with Crippen LogP contribution in [0.2, 0.25) is 0 Å². The van der Waals surface area contributed by atoms with Gasteiger partial charge in [0.05, 0.1) is 17.1 Å². The van der Waals surface area contributed by atoms with Gasteiger partial charge >= 0.3 is 6.18 Å². The third-order valence-corrected chi connectivity index (χ3v) is 7.71. The van der Waals surface area contributed by atoms with Crippen molar-refractivity contribution in [1.82, 2.24) is 10.2 Å². The Morgan fingerprint density at radius 1 is 1.02 bits per heavy atom. The molecular formula is C30H34F4N2O4S. The SMILES string of the molecule is CC(=O)NCc1ccc(OCCCN(Cc2cccc(C(F)(F)F)c2F)CC(C)c2ccccc2)cc1S(C)(=O)=O. The molecule has 11 heteroatoms. The number of nitrogens with zero attached hydrogens (tertiary/aromatic N) is 1. The van der Waals surface area contributed by atoms with Gasteiger partial charge in [0.2, 0.25) is 5.91 Å². The van der Waals surface area contributed by atoms with Gasteiger partial charge in [-0.05, 0) is 41.7 Å². The highest BCUT2D eigenvalue weighted by molar-refractivity contribution is 7.90. The minimum atomic E-state index is -4.79. The van der Waals surface area contributed by atoms with Crippen LogP contribution < -0.4 is 10.1 Å². The molecule has 0 bridgehead atoms. The molecule has 0 aromatic heterocycles. The third-order valence-electron chi connectivity index (χ3n) is 6.53. The van der Waals surface area contributed by atoms with Crippen LogP contribution >= 0.6 is 0 Å². The molecule has 0 radical (unpaired) electrons. The Morgan fingerprint density at radius 3 is 2.37 bits per heavy atom. The van der Waals surface area contributed by atoms with Gasteiger partial charge in [-0.15, -0.1) is 0 Å². The normalized spacial score (nSPS) is 12.8. The van der Waals surface area contributed by atoms with Crippen molar-refractivity contribution in [3.63, 3.8) is 0 Å². The number of ether oxygens (including phenoxy) is 1. The van der Waals surface area contributed by atoms with E-state index in [1.165, 1.54) is 25.1 Å². The van der Waals surface area contributed by atoms with Gasteiger partial charge in [-0.3, -0.25) is 9.69 Å². The van der Waals surface area contributed by atoms with Gasteiger partial charge in [-0.1, -0.05) is 55.5 Å². The highest BCUT2D eigenvalue weighted by Gasteiger charge is 2.35. The fourth-order valence-corrected chi connectivity index (χ4v) is 5.43. The van der Waals surface area contributed by atoms with Crippen molar-refractivity contribution < 1.29 is 35.5 Å². The topological polar surface area (TPSA) is 75.7 Å². The largest absolute Gasteiger partial charge is 0.494 e. The molecule has 6 nitrogen and oxygen atoms in total. The van der Waals surface area contributed by atoms with Gasteiger partial charge in [0.15, 0.2) is 9.84 Å². The fraction of sp³-hybridized carbons (Fsp3) is 0.367. The summed E-state index contributed by atoms with van der Waals surface area (Å²) in [5.74, 6) is -1.22. The number of carbonyl (C=O) groups is 1. The van der Waals surface area contributed by atoms with E-state index < -0.39 is 27.4 Å². The lowest BCUT2D eigenvalue weighted by Gasteiger charge is -2.27. The lowest BCUT2D eigenvalue weighted by Crippen LogP contribution is -2.30. The predicted molar refractivity (Wildman–Crippen MR) is 149 cm³/mol. The summed E-state index contributed by atoms with van der Waals surface area (Å²) in [5, 5.41) is 2.58. The summed E-state index contributed by atoms with van der Waals surface area (Å²) < 4.78 is 85.1. The minimum absolute atomic E-state index is 0.0248. The molecule has 1 amide bonds. The van der Waals surface area contributed by atoms with Gasteiger partial charge in [-0.25, -0.2) is 12.8 Å². The monoisotopic (exact) mass is 594 g/mol. The summed E-state index contributed by atoms with van der Waals surface area (Å²) in [4.78, 5) is 13.2. The number of amides is 1. The summed E-state index contributed by atoms with van der Waals surface area (Å²) in [6, 6.07) is 17.5. The fourth-order valence-electron chi connectivity index (χ4n) is 4.48. The first-order chi connectivity index (χ1) is 19.3. The third kappa shape index (κ3) is 9.57. The highest BCUT2D eigenvalue weighted by Crippen LogP contribution is 2.33.